The Bertz CT molecular complexity index is 1010. The number of aromatic nitrogens is 4. The van der Waals surface area contributed by atoms with Crippen LogP contribution in [0.2, 0.25) is 0 Å². The Hall–Kier alpha value is -2.60. The summed E-state index contributed by atoms with van der Waals surface area (Å²) in [6, 6.07) is 14.0. The van der Waals surface area contributed by atoms with E-state index in [2.05, 4.69) is 39.0 Å². The van der Waals surface area contributed by atoms with Gasteiger partial charge in [0.2, 0.25) is 0 Å². The fraction of sp³-hybridized carbons (Fsp3) is 0.118. The van der Waals surface area contributed by atoms with E-state index in [1.165, 1.54) is 5.56 Å². The van der Waals surface area contributed by atoms with Crippen LogP contribution >= 0.6 is 11.8 Å². The van der Waals surface area contributed by atoms with E-state index in [-0.39, 0.29) is 0 Å². The molecule has 6 heteroatoms. The molecular weight excluding hydrogens is 306 g/mol. The number of aromatic amines is 1. The standard InChI is InChI=1S/C17H15N5S/c1-10-6-7-13-14(8-10)21-17(20-13)23-9-15-19-12-5-3-2-4-11(12)16(18)22-15/h2-8H,9H2,1H3,(H,20,21)(H2,18,19,22). The third-order valence-corrected chi connectivity index (χ3v) is 4.50. The fourth-order valence-corrected chi connectivity index (χ4v) is 3.26. The van der Waals surface area contributed by atoms with Crippen molar-refractivity contribution in [3.8, 4) is 0 Å². The quantitative estimate of drug-likeness (QED) is 0.563. The fourth-order valence-electron chi connectivity index (χ4n) is 2.52. The zero-order valence-corrected chi connectivity index (χ0v) is 13.4. The third kappa shape index (κ3) is 2.73. The summed E-state index contributed by atoms with van der Waals surface area (Å²) in [6.45, 7) is 2.07. The van der Waals surface area contributed by atoms with Crippen molar-refractivity contribution in [3.05, 3.63) is 53.9 Å². The molecule has 0 fully saturated rings. The molecule has 0 spiro atoms. The highest BCUT2D eigenvalue weighted by Crippen LogP contribution is 2.24. The molecular formula is C17H15N5S. The molecule has 2 heterocycles. The molecule has 2 aromatic heterocycles. The van der Waals surface area contributed by atoms with E-state index in [4.69, 9.17) is 5.73 Å². The van der Waals surface area contributed by atoms with Crippen molar-refractivity contribution in [1.82, 2.24) is 19.9 Å². The normalized spacial score (nSPS) is 11.3. The minimum atomic E-state index is 0.520. The van der Waals surface area contributed by atoms with Crippen LogP contribution in [0.25, 0.3) is 21.9 Å². The molecule has 3 N–H and O–H groups in total. The molecule has 0 aliphatic heterocycles. The summed E-state index contributed by atoms with van der Waals surface area (Å²) in [5.41, 5.74) is 10.1. The molecule has 0 atom stereocenters. The van der Waals surface area contributed by atoms with Gasteiger partial charge in [-0.25, -0.2) is 15.0 Å². The number of H-pyrrole nitrogens is 1. The van der Waals surface area contributed by atoms with E-state index in [0.717, 1.165) is 27.1 Å². The highest BCUT2D eigenvalue weighted by molar-refractivity contribution is 7.98. The Morgan fingerprint density at radius 1 is 1.04 bits per heavy atom. The van der Waals surface area contributed by atoms with Crippen molar-refractivity contribution in [1.29, 1.82) is 0 Å². The first kappa shape index (κ1) is 14.0. The first-order chi connectivity index (χ1) is 11.2. The predicted molar refractivity (Wildman–Crippen MR) is 94.3 cm³/mol. The van der Waals surface area contributed by atoms with Crippen molar-refractivity contribution in [3.63, 3.8) is 0 Å². The van der Waals surface area contributed by atoms with Gasteiger partial charge in [0.25, 0.3) is 0 Å². The molecule has 0 aliphatic rings. The maximum Gasteiger partial charge on any atom is 0.166 e. The number of rotatable bonds is 3. The van der Waals surface area contributed by atoms with Crippen LogP contribution in [0.4, 0.5) is 5.82 Å². The molecule has 0 saturated carbocycles. The molecule has 0 saturated heterocycles. The predicted octanol–water partition coefficient (Wildman–Crippen LogP) is 3.69. The number of aryl methyl sites for hydroxylation is 1. The van der Waals surface area contributed by atoms with Crippen LogP contribution in [-0.2, 0) is 5.75 Å². The van der Waals surface area contributed by atoms with Gasteiger partial charge in [0.1, 0.15) is 11.6 Å². The maximum absolute atomic E-state index is 6.02. The van der Waals surface area contributed by atoms with Crippen LogP contribution in [0.1, 0.15) is 11.4 Å². The molecule has 4 aromatic rings. The van der Waals surface area contributed by atoms with Gasteiger partial charge in [-0.15, -0.1) is 0 Å². The van der Waals surface area contributed by atoms with Crippen LogP contribution in [0.3, 0.4) is 0 Å². The van der Waals surface area contributed by atoms with Gasteiger partial charge in [0, 0.05) is 5.39 Å². The minimum Gasteiger partial charge on any atom is -0.383 e. The van der Waals surface area contributed by atoms with Crippen LogP contribution in [0.5, 0.6) is 0 Å². The van der Waals surface area contributed by atoms with Crippen molar-refractivity contribution >= 4 is 39.5 Å². The van der Waals surface area contributed by atoms with Gasteiger partial charge in [-0.1, -0.05) is 30.0 Å². The Balaban J connectivity index is 1.60. The lowest BCUT2D eigenvalue weighted by atomic mass is 10.2. The average Bonchev–Trinajstić information content (AvgIpc) is 2.95. The number of hydrogen-bond donors (Lipinski definition) is 2. The maximum atomic E-state index is 6.02. The SMILES string of the molecule is Cc1ccc2nc(SCc3nc(N)c4ccccc4n3)[nH]c2c1. The Labute approximate surface area is 137 Å². The van der Waals surface area contributed by atoms with E-state index in [1.54, 1.807) is 11.8 Å². The van der Waals surface area contributed by atoms with Gasteiger partial charge < -0.3 is 10.7 Å². The Morgan fingerprint density at radius 2 is 1.91 bits per heavy atom. The van der Waals surface area contributed by atoms with Crippen molar-refractivity contribution < 1.29 is 0 Å². The molecule has 2 aromatic carbocycles. The number of nitrogens with zero attached hydrogens (tertiary/aromatic N) is 3. The number of fused-ring (bicyclic) bond motifs is 2. The molecule has 0 radical (unpaired) electrons. The summed E-state index contributed by atoms with van der Waals surface area (Å²) in [6.07, 6.45) is 0. The second kappa shape index (κ2) is 5.55. The molecule has 5 nitrogen and oxygen atoms in total. The molecule has 0 unspecified atom stereocenters. The lowest BCUT2D eigenvalue weighted by molar-refractivity contribution is 1.04. The summed E-state index contributed by atoms with van der Waals surface area (Å²) in [5, 5.41) is 1.75. The topological polar surface area (TPSA) is 80.5 Å². The second-order valence-electron chi connectivity index (χ2n) is 5.39. The summed E-state index contributed by atoms with van der Waals surface area (Å²) >= 11 is 1.58. The number of anilines is 1. The van der Waals surface area contributed by atoms with E-state index in [0.29, 0.717) is 17.4 Å². The number of thioether (sulfide) groups is 1. The van der Waals surface area contributed by atoms with E-state index >= 15 is 0 Å². The highest BCUT2D eigenvalue weighted by atomic mass is 32.2. The Morgan fingerprint density at radius 3 is 2.83 bits per heavy atom. The van der Waals surface area contributed by atoms with Crippen LogP contribution in [0, 0.1) is 6.92 Å². The molecule has 0 bridgehead atoms. The number of para-hydroxylation sites is 1. The van der Waals surface area contributed by atoms with Crippen LogP contribution in [-0.4, -0.2) is 19.9 Å². The lowest BCUT2D eigenvalue weighted by Gasteiger charge is -2.04. The van der Waals surface area contributed by atoms with Gasteiger partial charge in [0.15, 0.2) is 5.16 Å². The van der Waals surface area contributed by atoms with Gasteiger partial charge in [-0.2, -0.15) is 0 Å². The largest absolute Gasteiger partial charge is 0.383 e. The van der Waals surface area contributed by atoms with E-state index < -0.39 is 0 Å². The monoisotopic (exact) mass is 321 g/mol. The zero-order valence-electron chi connectivity index (χ0n) is 12.6. The van der Waals surface area contributed by atoms with Gasteiger partial charge >= 0.3 is 0 Å². The first-order valence-electron chi connectivity index (χ1n) is 7.29. The van der Waals surface area contributed by atoms with E-state index in [9.17, 15) is 0 Å². The molecule has 4 rings (SSSR count). The van der Waals surface area contributed by atoms with Gasteiger partial charge in [0.05, 0.1) is 22.3 Å². The highest BCUT2D eigenvalue weighted by Gasteiger charge is 2.08. The van der Waals surface area contributed by atoms with Crippen LogP contribution in [0.15, 0.2) is 47.6 Å². The number of imidazole rings is 1. The molecule has 23 heavy (non-hydrogen) atoms. The number of nitrogens with one attached hydrogen (secondary N) is 1. The summed E-state index contributed by atoms with van der Waals surface area (Å²) in [4.78, 5) is 16.9. The third-order valence-electron chi connectivity index (χ3n) is 3.63. The number of benzene rings is 2. The molecule has 0 aliphatic carbocycles. The number of hydrogen-bond acceptors (Lipinski definition) is 5. The van der Waals surface area contributed by atoms with Crippen molar-refractivity contribution in [2.45, 2.75) is 17.8 Å². The number of nitrogens with two attached hydrogens (primary N) is 1. The van der Waals surface area contributed by atoms with Gasteiger partial charge in [-0.05, 0) is 36.8 Å². The van der Waals surface area contributed by atoms with E-state index in [1.807, 2.05) is 30.3 Å². The number of nitrogen functional groups attached to an aromatic ring is 1. The summed E-state index contributed by atoms with van der Waals surface area (Å²) in [5.74, 6) is 1.85. The minimum absolute atomic E-state index is 0.520. The molecule has 114 valence electrons. The van der Waals surface area contributed by atoms with Crippen molar-refractivity contribution in [2.24, 2.45) is 0 Å². The first-order valence-corrected chi connectivity index (χ1v) is 8.28. The Kier molecular flexibility index (Phi) is 3.38. The summed E-state index contributed by atoms with van der Waals surface area (Å²) in [7, 11) is 0. The lowest BCUT2D eigenvalue weighted by Crippen LogP contribution is -1.99. The van der Waals surface area contributed by atoms with Crippen molar-refractivity contribution in [2.75, 3.05) is 5.73 Å². The average molecular weight is 321 g/mol. The van der Waals surface area contributed by atoms with Crippen LogP contribution < -0.4 is 5.73 Å². The van der Waals surface area contributed by atoms with Gasteiger partial charge in [-0.3, -0.25) is 0 Å². The zero-order chi connectivity index (χ0) is 15.8. The molecule has 0 amide bonds. The summed E-state index contributed by atoms with van der Waals surface area (Å²) < 4.78 is 0. The second-order valence-corrected chi connectivity index (χ2v) is 6.36. The smallest absolute Gasteiger partial charge is 0.166 e.